The SMILES string of the molecule is N#Cc1cc(C(F)(F)F)c2ccc3nc(-c4nnco4)cn3c2n1. The lowest BCUT2D eigenvalue weighted by molar-refractivity contribution is -0.136. The molecule has 0 aromatic carbocycles. The van der Waals surface area contributed by atoms with Gasteiger partial charge in [-0.2, -0.15) is 18.4 Å². The average Bonchev–Trinajstić information content (AvgIpc) is 3.21. The van der Waals surface area contributed by atoms with Gasteiger partial charge < -0.3 is 4.42 Å². The van der Waals surface area contributed by atoms with Crippen LogP contribution in [0, 0.1) is 11.3 Å². The lowest BCUT2D eigenvalue weighted by Gasteiger charge is -2.11. The lowest BCUT2D eigenvalue weighted by Crippen LogP contribution is -2.08. The van der Waals surface area contributed by atoms with Gasteiger partial charge in [-0.05, 0) is 18.2 Å². The molecule has 0 saturated heterocycles. The molecular formula is C14H5F3N6O. The molecule has 0 bridgehead atoms. The Labute approximate surface area is 131 Å². The quantitative estimate of drug-likeness (QED) is 0.533. The molecule has 0 amide bonds. The van der Waals surface area contributed by atoms with Gasteiger partial charge in [-0.1, -0.05) is 0 Å². The largest absolute Gasteiger partial charge is 0.422 e. The van der Waals surface area contributed by atoms with Crippen molar-refractivity contribution in [2.75, 3.05) is 0 Å². The summed E-state index contributed by atoms with van der Waals surface area (Å²) in [7, 11) is 0. The zero-order valence-corrected chi connectivity index (χ0v) is 11.6. The fraction of sp³-hybridized carbons (Fsp3) is 0.0714. The molecule has 0 fully saturated rings. The summed E-state index contributed by atoms with van der Waals surface area (Å²) < 4.78 is 46.2. The zero-order valence-electron chi connectivity index (χ0n) is 11.6. The molecule has 0 spiro atoms. The van der Waals surface area contributed by atoms with E-state index in [4.69, 9.17) is 9.68 Å². The first-order valence-electron chi connectivity index (χ1n) is 6.54. The van der Waals surface area contributed by atoms with Gasteiger partial charge in [0.2, 0.25) is 6.39 Å². The van der Waals surface area contributed by atoms with Crippen LogP contribution in [0.3, 0.4) is 0 Å². The Balaban J connectivity index is 2.09. The van der Waals surface area contributed by atoms with Crippen molar-refractivity contribution in [2.45, 2.75) is 6.18 Å². The second-order valence-electron chi connectivity index (χ2n) is 4.83. The van der Waals surface area contributed by atoms with E-state index in [2.05, 4.69) is 20.2 Å². The summed E-state index contributed by atoms with van der Waals surface area (Å²) in [6.07, 6.45) is -2.07. The summed E-state index contributed by atoms with van der Waals surface area (Å²) in [5, 5.41) is 16.1. The number of hydrogen-bond acceptors (Lipinski definition) is 6. The number of halogens is 3. The number of imidazole rings is 1. The van der Waals surface area contributed by atoms with Crippen LogP contribution in [0.15, 0.2) is 35.2 Å². The first kappa shape index (κ1) is 14.1. The highest BCUT2D eigenvalue weighted by molar-refractivity contribution is 5.83. The predicted octanol–water partition coefficient (Wildman–Crippen LogP) is 2.82. The normalized spacial score (nSPS) is 11.9. The Morgan fingerprint density at radius 3 is 2.71 bits per heavy atom. The van der Waals surface area contributed by atoms with Gasteiger partial charge in [-0.3, -0.25) is 4.40 Å². The van der Waals surface area contributed by atoms with Crippen LogP contribution in [0.25, 0.3) is 28.3 Å². The van der Waals surface area contributed by atoms with Crippen LogP contribution < -0.4 is 0 Å². The van der Waals surface area contributed by atoms with E-state index in [0.29, 0.717) is 5.65 Å². The lowest BCUT2D eigenvalue weighted by atomic mass is 10.1. The van der Waals surface area contributed by atoms with Crippen LogP contribution in [0.5, 0.6) is 0 Å². The number of pyridine rings is 2. The van der Waals surface area contributed by atoms with E-state index >= 15 is 0 Å². The molecule has 0 aliphatic heterocycles. The van der Waals surface area contributed by atoms with Crippen molar-refractivity contribution in [3.05, 3.63) is 42.0 Å². The maximum absolute atomic E-state index is 13.3. The van der Waals surface area contributed by atoms with Crippen molar-refractivity contribution in [3.8, 4) is 17.7 Å². The molecule has 4 aromatic rings. The number of alkyl halides is 3. The molecule has 24 heavy (non-hydrogen) atoms. The molecule has 7 nitrogen and oxygen atoms in total. The molecule has 4 heterocycles. The first-order chi connectivity index (χ1) is 11.5. The van der Waals surface area contributed by atoms with E-state index < -0.39 is 11.7 Å². The molecule has 0 aliphatic rings. The van der Waals surface area contributed by atoms with E-state index in [-0.39, 0.29) is 28.3 Å². The van der Waals surface area contributed by atoms with E-state index in [1.807, 2.05) is 0 Å². The Morgan fingerprint density at radius 2 is 2.04 bits per heavy atom. The Kier molecular flexibility index (Phi) is 2.80. The highest BCUT2D eigenvalue weighted by Crippen LogP contribution is 2.35. The van der Waals surface area contributed by atoms with Crippen LogP contribution >= 0.6 is 0 Å². The molecule has 4 rings (SSSR count). The second-order valence-corrected chi connectivity index (χ2v) is 4.83. The first-order valence-corrected chi connectivity index (χ1v) is 6.54. The molecule has 0 N–H and O–H groups in total. The zero-order chi connectivity index (χ0) is 16.9. The Bertz CT molecular complexity index is 1110. The molecule has 0 radical (unpaired) electrons. The van der Waals surface area contributed by atoms with Gasteiger partial charge in [-0.25, -0.2) is 9.97 Å². The van der Waals surface area contributed by atoms with Crippen molar-refractivity contribution >= 4 is 16.7 Å². The fourth-order valence-electron chi connectivity index (χ4n) is 2.41. The van der Waals surface area contributed by atoms with Crippen LogP contribution in [-0.4, -0.2) is 24.6 Å². The molecular weight excluding hydrogens is 325 g/mol. The molecule has 10 heteroatoms. The number of nitrogens with zero attached hydrogens (tertiary/aromatic N) is 6. The minimum atomic E-state index is -4.61. The summed E-state index contributed by atoms with van der Waals surface area (Å²) in [5.74, 6) is 0.124. The van der Waals surface area contributed by atoms with Crippen LogP contribution in [-0.2, 0) is 6.18 Å². The third-order valence-corrected chi connectivity index (χ3v) is 3.40. The fourth-order valence-corrected chi connectivity index (χ4v) is 2.41. The third kappa shape index (κ3) is 2.06. The Hall–Kier alpha value is -3.48. The van der Waals surface area contributed by atoms with Crippen LogP contribution in [0.1, 0.15) is 11.3 Å². The molecule has 0 saturated carbocycles. The predicted molar refractivity (Wildman–Crippen MR) is 73.5 cm³/mol. The van der Waals surface area contributed by atoms with Gasteiger partial charge >= 0.3 is 6.18 Å². The maximum atomic E-state index is 13.3. The summed E-state index contributed by atoms with van der Waals surface area (Å²) in [6.45, 7) is 0. The number of aromatic nitrogens is 5. The molecule has 4 aromatic heterocycles. The Morgan fingerprint density at radius 1 is 1.21 bits per heavy atom. The van der Waals surface area contributed by atoms with Gasteiger partial charge in [0.25, 0.3) is 5.89 Å². The summed E-state index contributed by atoms with van der Waals surface area (Å²) in [5.41, 5.74) is -0.671. The van der Waals surface area contributed by atoms with Gasteiger partial charge in [0.05, 0.1) is 5.56 Å². The number of nitriles is 1. The van der Waals surface area contributed by atoms with E-state index in [1.54, 1.807) is 6.07 Å². The summed E-state index contributed by atoms with van der Waals surface area (Å²) in [4.78, 5) is 8.20. The number of fused-ring (bicyclic) bond motifs is 3. The van der Waals surface area contributed by atoms with Gasteiger partial charge in [0.1, 0.15) is 28.8 Å². The second kappa shape index (κ2) is 4.76. The van der Waals surface area contributed by atoms with Crippen molar-refractivity contribution in [2.24, 2.45) is 0 Å². The average molecular weight is 330 g/mol. The minimum absolute atomic E-state index is 0.0304. The van der Waals surface area contributed by atoms with Gasteiger partial charge in [-0.15, -0.1) is 10.2 Å². The number of rotatable bonds is 1. The molecule has 118 valence electrons. The van der Waals surface area contributed by atoms with Crippen LogP contribution in [0.2, 0.25) is 0 Å². The minimum Gasteiger partial charge on any atom is -0.422 e. The van der Waals surface area contributed by atoms with Gasteiger partial charge in [0.15, 0.2) is 0 Å². The summed E-state index contributed by atoms with van der Waals surface area (Å²) >= 11 is 0. The third-order valence-electron chi connectivity index (χ3n) is 3.40. The van der Waals surface area contributed by atoms with Crippen molar-refractivity contribution < 1.29 is 17.6 Å². The molecule has 0 unspecified atom stereocenters. The van der Waals surface area contributed by atoms with E-state index in [9.17, 15) is 13.2 Å². The molecule has 0 aliphatic carbocycles. The highest BCUT2D eigenvalue weighted by atomic mass is 19.4. The van der Waals surface area contributed by atoms with Crippen LogP contribution in [0.4, 0.5) is 13.2 Å². The smallest absolute Gasteiger partial charge is 0.417 e. The molecule has 0 atom stereocenters. The maximum Gasteiger partial charge on any atom is 0.417 e. The van der Waals surface area contributed by atoms with Gasteiger partial charge in [0, 0.05) is 11.6 Å². The van der Waals surface area contributed by atoms with E-state index in [0.717, 1.165) is 12.5 Å². The topological polar surface area (TPSA) is 92.9 Å². The highest BCUT2D eigenvalue weighted by Gasteiger charge is 2.34. The van der Waals surface area contributed by atoms with E-state index in [1.165, 1.54) is 22.7 Å². The number of hydrogen-bond donors (Lipinski definition) is 0. The monoisotopic (exact) mass is 330 g/mol. The van der Waals surface area contributed by atoms with Crippen molar-refractivity contribution in [1.82, 2.24) is 24.6 Å². The standard InChI is InChI=1S/C14H5F3N6O/c15-14(16,17)9-3-7(4-18)20-12-8(9)1-2-11-21-10(5-23(11)12)13-22-19-6-24-13/h1-3,5-6H. The summed E-state index contributed by atoms with van der Waals surface area (Å²) in [6, 6.07) is 5.06. The van der Waals surface area contributed by atoms with Crippen molar-refractivity contribution in [3.63, 3.8) is 0 Å². The van der Waals surface area contributed by atoms with Crippen molar-refractivity contribution in [1.29, 1.82) is 5.26 Å².